The monoisotopic (exact) mass is 320 g/mol. The van der Waals surface area contributed by atoms with Crippen LogP contribution in [0.3, 0.4) is 0 Å². The molecule has 0 fully saturated rings. The van der Waals surface area contributed by atoms with Gasteiger partial charge in [0.15, 0.2) is 5.69 Å². The molecular weight excluding hydrogens is 302 g/mol. The van der Waals surface area contributed by atoms with Crippen molar-refractivity contribution in [1.82, 2.24) is 14.3 Å². The quantitative estimate of drug-likeness (QED) is 0.769. The Morgan fingerprint density at radius 3 is 2.22 bits per heavy atom. The van der Waals surface area contributed by atoms with Crippen LogP contribution in [0.1, 0.15) is 32.2 Å². The van der Waals surface area contributed by atoms with E-state index in [1.807, 2.05) is 20.8 Å². The van der Waals surface area contributed by atoms with Crippen molar-refractivity contribution in [2.75, 3.05) is 0 Å². The minimum Gasteiger partial charge on any atom is -0.542 e. The van der Waals surface area contributed by atoms with Crippen molar-refractivity contribution < 1.29 is 9.63 Å². The van der Waals surface area contributed by atoms with Crippen LogP contribution in [0.5, 0.6) is 5.95 Å². The van der Waals surface area contributed by atoms with Gasteiger partial charge in [0.05, 0.1) is 11.4 Å². The van der Waals surface area contributed by atoms with Crippen LogP contribution in [0.15, 0.2) is 24.3 Å². The molecule has 2 aromatic rings. The van der Waals surface area contributed by atoms with E-state index in [4.69, 9.17) is 0 Å². The molecule has 0 spiro atoms. The Morgan fingerprint density at radius 1 is 1.09 bits per heavy atom. The summed E-state index contributed by atoms with van der Waals surface area (Å²) in [5.74, 6) is -0.724. The predicted octanol–water partition coefficient (Wildman–Crippen LogP) is 1.17. The van der Waals surface area contributed by atoms with E-state index < -0.39 is 22.6 Å². The third-order valence-corrected chi connectivity index (χ3v) is 3.52. The molecule has 0 aliphatic carbocycles. The van der Waals surface area contributed by atoms with Crippen LogP contribution in [0.2, 0.25) is 0 Å². The lowest BCUT2D eigenvalue weighted by Crippen LogP contribution is -2.37. The minimum absolute atomic E-state index is 0.0185. The number of azo groups is 1. The lowest BCUT2D eigenvalue weighted by Gasteiger charge is -2.15. The first-order valence-electron chi connectivity index (χ1n) is 6.91. The van der Waals surface area contributed by atoms with Gasteiger partial charge in [-0.3, -0.25) is 13.9 Å². The van der Waals surface area contributed by atoms with Gasteiger partial charge in [-0.15, -0.1) is 10.2 Å². The molecule has 0 saturated heterocycles. The van der Waals surface area contributed by atoms with E-state index in [1.165, 1.54) is 18.7 Å². The van der Waals surface area contributed by atoms with Gasteiger partial charge < -0.3 is 9.63 Å². The highest BCUT2D eigenvalue weighted by Gasteiger charge is 2.22. The number of hydrogen-bond acceptors (Lipinski definition) is 7. The molecule has 0 saturated carbocycles. The second kappa shape index (κ2) is 5.49. The molecule has 124 valence electrons. The molecule has 23 heavy (non-hydrogen) atoms. The summed E-state index contributed by atoms with van der Waals surface area (Å²) in [5.41, 5.74) is -0.882. The molecule has 0 atom stereocenters. The van der Waals surface area contributed by atoms with Crippen LogP contribution < -0.4 is 16.4 Å². The van der Waals surface area contributed by atoms with Gasteiger partial charge in [0.25, 0.3) is 5.56 Å². The molecule has 0 aromatic carbocycles. The molecule has 0 aliphatic rings. The van der Waals surface area contributed by atoms with Crippen molar-refractivity contribution in [2.45, 2.75) is 33.1 Å². The SMILES string of the molecule is Cc1c(N=Nc2c(C(C)(C)C)noc2[O-])c(=O)n(C)c(=O)n1C. The van der Waals surface area contributed by atoms with Crippen molar-refractivity contribution in [3.8, 4) is 5.95 Å². The number of rotatable bonds is 2. The van der Waals surface area contributed by atoms with Gasteiger partial charge in [0, 0.05) is 19.5 Å². The summed E-state index contributed by atoms with van der Waals surface area (Å²) in [4.78, 5) is 24.0. The molecule has 2 rings (SSSR count). The number of aromatic nitrogens is 3. The predicted molar refractivity (Wildman–Crippen MR) is 80.5 cm³/mol. The normalized spacial score (nSPS) is 12.3. The molecule has 0 amide bonds. The van der Waals surface area contributed by atoms with Crippen molar-refractivity contribution in [3.05, 3.63) is 32.2 Å². The third-order valence-electron chi connectivity index (χ3n) is 3.52. The van der Waals surface area contributed by atoms with Crippen LogP contribution in [-0.2, 0) is 19.5 Å². The first-order chi connectivity index (χ1) is 10.6. The van der Waals surface area contributed by atoms with E-state index in [1.54, 1.807) is 6.92 Å². The lowest BCUT2D eigenvalue weighted by atomic mass is 9.91. The molecule has 0 aliphatic heterocycles. The molecule has 0 bridgehead atoms. The Kier molecular flexibility index (Phi) is 3.97. The summed E-state index contributed by atoms with van der Waals surface area (Å²) >= 11 is 0. The van der Waals surface area contributed by atoms with E-state index in [0.717, 1.165) is 4.57 Å². The van der Waals surface area contributed by atoms with E-state index in [-0.39, 0.29) is 11.4 Å². The summed E-state index contributed by atoms with van der Waals surface area (Å²) in [6.07, 6.45) is 0. The van der Waals surface area contributed by atoms with E-state index in [2.05, 4.69) is 19.9 Å². The molecule has 0 N–H and O–H groups in total. The zero-order chi connectivity index (χ0) is 17.5. The Hall–Kier alpha value is -2.71. The fourth-order valence-corrected chi connectivity index (χ4v) is 1.99. The van der Waals surface area contributed by atoms with Gasteiger partial charge >= 0.3 is 5.69 Å². The van der Waals surface area contributed by atoms with Crippen LogP contribution in [0, 0.1) is 6.92 Å². The molecule has 9 nitrogen and oxygen atoms in total. The summed E-state index contributed by atoms with van der Waals surface area (Å²) in [7, 11) is 2.87. The summed E-state index contributed by atoms with van der Waals surface area (Å²) < 4.78 is 6.85. The zero-order valence-corrected chi connectivity index (χ0v) is 13.9. The van der Waals surface area contributed by atoms with E-state index >= 15 is 0 Å². The Balaban J connectivity index is 2.62. The maximum absolute atomic E-state index is 12.2. The highest BCUT2D eigenvalue weighted by Crippen LogP contribution is 2.36. The van der Waals surface area contributed by atoms with Crippen LogP contribution in [0.4, 0.5) is 11.4 Å². The van der Waals surface area contributed by atoms with Gasteiger partial charge in [-0.25, -0.2) is 4.79 Å². The summed E-state index contributed by atoms with van der Waals surface area (Å²) in [6, 6.07) is 0. The molecule has 2 aromatic heterocycles. The van der Waals surface area contributed by atoms with Gasteiger partial charge in [-0.2, -0.15) is 5.16 Å². The van der Waals surface area contributed by atoms with Gasteiger partial charge in [-0.05, 0) is 6.92 Å². The van der Waals surface area contributed by atoms with Crippen molar-refractivity contribution in [2.24, 2.45) is 24.3 Å². The molecule has 0 radical (unpaired) electrons. The lowest BCUT2D eigenvalue weighted by molar-refractivity contribution is -0.296. The highest BCUT2D eigenvalue weighted by molar-refractivity contribution is 5.51. The standard InChI is InChI=1S/C14H19N5O4/c1-7-8(11(20)19(6)13(22)18(7)5)15-16-9-10(14(2,3)4)17-23-12(9)21/h21H,1-6H3/p-1. The summed E-state index contributed by atoms with van der Waals surface area (Å²) in [6.45, 7) is 7.12. The van der Waals surface area contributed by atoms with Gasteiger partial charge in [0.1, 0.15) is 11.6 Å². The number of hydrogen-bond donors (Lipinski definition) is 0. The van der Waals surface area contributed by atoms with Crippen molar-refractivity contribution in [1.29, 1.82) is 0 Å². The molecule has 2 heterocycles. The topological polar surface area (TPSA) is 118 Å². The first kappa shape index (κ1) is 16.7. The number of nitrogens with zero attached hydrogens (tertiary/aromatic N) is 5. The third kappa shape index (κ3) is 2.81. The summed E-state index contributed by atoms with van der Waals surface area (Å²) in [5, 5.41) is 23.2. The maximum atomic E-state index is 12.2. The van der Waals surface area contributed by atoms with E-state index in [0.29, 0.717) is 11.4 Å². The molecule has 0 unspecified atom stereocenters. The fraction of sp³-hybridized carbons (Fsp3) is 0.500. The Bertz CT molecular complexity index is 896. The van der Waals surface area contributed by atoms with Crippen molar-refractivity contribution >= 4 is 11.4 Å². The fourth-order valence-electron chi connectivity index (χ4n) is 1.99. The highest BCUT2D eigenvalue weighted by atomic mass is 16.5. The second-order valence-electron chi connectivity index (χ2n) is 6.26. The zero-order valence-electron chi connectivity index (χ0n) is 13.9. The average molecular weight is 320 g/mol. The Labute approximate surface area is 131 Å². The smallest absolute Gasteiger partial charge is 0.330 e. The minimum atomic E-state index is -0.724. The van der Waals surface area contributed by atoms with Crippen LogP contribution in [-0.4, -0.2) is 14.3 Å². The average Bonchev–Trinajstić information content (AvgIpc) is 2.84. The Morgan fingerprint density at radius 2 is 1.65 bits per heavy atom. The van der Waals surface area contributed by atoms with Gasteiger partial charge in [-0.1, -0.05) is 20.8 Å². The molecular formula is C14H18N5O4-. The van der Waals surface area contributed by atoms with Crippen molar-refractivity contribution in [3.63, 3.8) is 0 Å². The molecule has 9 heteroatoms. The van der Waals surface area contributed by atoms with Crippen LogP contribution in [0.25, 0.3) is 0 Å². The second-order valence-corrected chi connectivity index (χ2v) is 6.26. The largest absolute Gasteiger partial charge is 0.542 e. The first-order valence-corrected chi connectivity index (χ1v) is 6.91. The van der Waals surface area contributed by atoms with Gasteiger partial charge in [0.2, 0.25) is 0 Å². The van der Waals surface area contributed by atoms with E-state index in [9.17, 15) is 14.7 Å². The maximum Gasteiger partial charge on any atom is 0.330 e. The van der Waals surface area contributed by atoms with Crippen LogP contribution >= 0.6 is 0 Å².